The van der Waals surface area contributed by atoms with Crippen LogP contribution >= 0.6 is 23.2 Å². The zero-order valence-corrected chi connectivity index (χ0v) is 13.6. The number of nitriles is 1. The van der Waals surface area contributed by atoms with Crippen molar-refractivity contribution in [2.24, 2.45) is 0 Å². The molecule has 0 N–H and O–H groups in total. The van der Waals surface area contributed by atoms with Gasteiger partial charge in [-0.15, -0.1) is 0 Å². The van der Waals surface area contributed by atoms with Gasteiger partial charge in [0.1, 0.15) is 0 Å². The van der Waals surface area contributed by atoms with Crippen molar-refractivity contribution in [2.45, 2.75) is 0 Å². The summed E-state index contributed by atoms with van der Waals surface area (Å²) in [4.78, 5) is 0. The molecule has 2 nitrogen and oxygen atoms in total. The normalized spacial score (nSPS) is 11.3. The molecule has 0 spiro atoms. The molecule has 1 aromatic heterocycles. The molecule has 0 aliphatic rings. The summed E-state index contributed by atoms with van der Waals surface area (Å²) >= 11 is 11.8. The van der Waals surface area contributed by atoms with E-state index in [0.29, 0.717) is 15.6 Å². The maximum Gasteiger partial charge on any atom is 0.0998 e. The molecule has 1 heterocycles. The first kappa shape index (κ1) is 15.4. The molecule has 112 valence electrons. The van der Waals surface area contributed by atoms with Gasteiger partial charge in [-0.25, -0.2) is 0 Å². The van der Waals surface area contributed by atoms with Gasteiger partial charge in [-0.2, -0.15) is 5.26 Å². The summed E-state index contributed by atoms with van der Waals surface area (Å²) in [5.41, 5.74) is 3.31. The molecule has 4 heteroatoms. The van der Waals surface area contributed by atoms with E-state index in [1.54, 1.807) is 12.1 Å². The molecular weight excluding hydrogens is 327 g/mol. The lowest BCUT2D eigenvalue weighted by atomic mass is 10.1. The molecule has 0 fully saturated rings. The quantitative estimate of drug-likeness (QED) is 0.550. The minimum Gasteiger partial charge on any atom is -0.317 e. The van der Waals surface area contributed by atoms with Crippen LogP contribution in [0.4, 0.5) is 0 Å². The summed E-state index contributed by atoms with van der Waals surface area (Å²) in [6, 6.07) is 20.9. The van der Waals surface area contributed by atoms with Crippen LogP contribution in [0, 0.1) is 11.3 Å². The lowest BCUT2D eigenvalue weighted by Gasteiger charge is -2.07. The molecule has 0 saturated heterocycles. The highest BCUT2D eigenvalue weighted by Crippen LogP contribution is 2.22. The topological polar surface area (TPSA) is 28.7 Å². The van der Waals surface area contributed by atoms with E-state index in [9.17, 15) is 5.26 Å². The van der Waals surface area contributed by atoms with Gasteiger partial charge < -0.3 is 4.57 Å². The van der Waals surface area contributed by atoms with Crippen molar-refractivity contribution >= 4 is 34.9 Å². The summed E-state index contributed by atoms with van der Waals surface area (Å²) < 4.78 is 2.00. The maximum atomic E-state index is 9.47. The van der Waals surface area contributed by atoms with Crippen LogP contribution in [-0.2, 0) is 0 Å². The summed E-state index contributed by atoms with van der Waals surface area (Å²) in [5, 5.41) is 10.8. The Kier molecular flexibility index (Phi) is 4.52. The van der Waals surface area contributed by atoms with Gasteiger partial charge in [0.2, 0.25) is 0 Å². The van der Waals surface area contributed by atoms with E-state index < -0.39 is 0 Å². The SMILES string of the molecule is N#C/C(=C/c1cccn1-c1ccc(Cl)cc1)c1ccc(Cl)cc1. The predicted octanol–water partition coefficient (Wildman–Crippen LogP) is 5.85. The first-order valence-corrected chi connectivity index (χ1v) is 7.74. The van der Waals surface area contributed by atoms with Crippen molar-refractivity contribution < 1.29 is 0 Å². The monoisotopic (exact) mass is 338 g/mol. The Hall–Kier alpha value is -2.47. The van der Waals surface area contributed by atoms with Crippen molar-refractivity contribution in [3.05, 3.63) is 88.2 Å². The molecule has 0 aliphatic carbocycles. The average Bonchev–Trinajstić information content (AvgIpc) is 3.02. The number of nitrogens with zero attached hydrogens (tertiary/aromatic N) is 2. The van der Waals surface area contributed by atoms with Crippen LogP contribution in [0.25, 0.3) is 17.3 Å². The van der Waals surface area contributed by atoms with Crippen molar-refractivity contribution in [3.63, 3.8) is 0 Å². The van der Waals surface area contributed by atoms with Crippen LogP contribution in [0.1, 0.15) is 11.3 Å². The van der Waals surface area contributed by atoms with E-state index >= 15 is 0 Å². The second-order valence-electron chi connectivity index (χ2n) is 4.96. The van der Waals surface area contributed by atoms with Gasteiger partial charge in [-0.05, 0) is 60.2 Å². The second kappa shape index (κ2) is 6.75. The van der Waals surface area contributed by atoms with Crippen molar-refractivity contribution in [3.8, 4) is 11.8 Å². The summed E-state index contributed by atoms with van der Waals surface area (Å²) in [6.45, 7) is 0. The van der Waals surface area contributed by atoms with Gasteiger partial charge in [0.15, 0.2) is 0 Å². The molecule has 0 saturated carbocycles. The molecule has 2 aromatic carbocycles. The average molecular weight is 339 g/mol. The summed E-state index contributed by atoms with van der Waals surface area (Å²) in [7, 11) is 0. The second-order valence-corrected chi connectivity index (χ2v) is 5.83. The minimum absolute atomic E-state index is 0.579. The van der Waals surface area contributed by atoms with E-state index in [4.69, 9.17) is 23.2 Å². The predicted molar refractivity (Wildman–Crippen MR) is 95.7 cm³/mol. The van der Waals surface area contributed by atoms with Crippen LogP contribution in [0.2, 0.25) is 10.0 Å². The van der Waals surface area contributed by atoms with Gasteiger partial charge in [-0.1, -0.05) is 35.3 Å². The van der Waals surface area contributed by atoms with E-state index in [1.165, 1.54) is 0 Å². The largest absolute Gasteiger partial charge is 0.317 e. The fourth-order valence-electron chi connectivity index (χ4n) is 2.31. The number of hydrogen-bond acceptors (Lipinski definition) is 1. The molecule has 3 rings (SSSR count). The van der Waals surface area contributed by atoms with E-state index in [0.717, 1.165) is 16.9 Å². The summed E-state index contributed by atoms with van der Waals surface area (Å²) in [5.74, 6) is 0. The van der Waals surface area contributed by atoms with Crippen LogP contribution in [0.15, 0.2) is 66.9 Å². The smallest absolute Gasteiger partial charge is 0.0998 e. The van der Waals surface area contributed by atoms with E-state index in [1.807, 2.05) is 65.4 Å². The molecule has 0 bridgehead atoms. The van der Waals surface area contributed by atoms with Crippen LogP contribution in [0.3, 0.4) is 0 Å². The molecular formula is C19H12Cl2N2. The zero-order valence-electron chi connectivity index (χ0n) is 12.1. The van der Waals surface area contributed by atoms with Gasteiger partial charge in [0.25, 0.3) is 0 Å². The van der Waals surface area contributed by atoms with Crippen molar-refractivity contribution in [1.82, 2.24) is 4.57 Å². The van der Waals surface area contributed by atoms with Crippen molar-refractivity contribution in [2.75, 3.05) is 0 Å². The van der Waals surface area contributed by atoms with Gasteiger partial charge in [-0.3, -0.25) is 0 Å². The Labute approximate surface area is 144 Å². The number of hydrogen-bond donors (Lipinski definition) is 0. The summed E-state index contributed by atoms with van der Waals surface area (Å²) in [6.07, 6.45) is 3.81. The molecule has 0 aliphatic heterocycles. The van der Waals surface area contributed by atoms with Gasteiger partial charge >= 0.3 is 0 Å². The maximum absolute atomic E-state index is 9.47. The third-order valence-corrected chi connectivity index (χ3v) is 3.96. The highest BCUT2D eigenvalue weighted by Gasteiger charge is 2.05. The Morgan fingerprint density at radius 3 is 2.13 bits per heavy atom. The Bertz CT molecular complexity index is 882. The highest BCUT2D eigenvalue weighted by molar-refractivity contribution is 6.30. The number of aromatic nitrogens is 1. The van der Waals surface area contributed by atoms with Gasteiger partial charge in [0, 0.05) is 27.6 Å². The standard InChI is InChI=1S/C19H12Cl2N2/c20-16-5-3-14(4-6-16)15(13-22)12-19-2-1-11-23(19)18-9-7-17(21)8-10-18/h1-12H/b15-12-. The molecule has 0 unspecified atom stereocenters. The Balaban J connectivity index is 2.02. The van der Waals surface area contributed by atoms with E-state index in [-0.39, 0.29) is 0 Å². The fourth-order valence-corrected chi connectivity index (χ4v) is 2.56. The van der Waals surface area contributed by atoms with Crippen LogP contribution < -0.4 is 0 Å². The number of rotatable bonds is 3. The Morgan fingerprint density at radius 2 is 1.52 bits per heavy atom. The van der Waals surface area contributed by atoms with E-state index in [2.05, 4.69) is 6.07 Å². The molecule has 0 atom stereocenters. The van der Waals surface area contributed by atoms with Crippen LogP contribution in [0.5, 0.6) is 0 Å². The number of benzene rings is 2. The third kappa shape index (κ3) is 3.48. The highest BCUT2D eigenvalue weighted by atomic mass is 35.5. The minimum atomic E-state index is 0.579. The number of halogens is 2. The fraction of sp³-hybridized carbons (Fsp3) is 0. The lowest BCUT2D eigenvalue weighted by Crippen LogP contribution is -1.94. The molecule has 0 amide bonds. The molecule has 3 aromatic rings. The Morgan fingerprint density at radius 1 is 0.913 bits per heavy atom. The molecule has 0 radical (unpaired) electrons. The first-order valence-electron chi connectivity index (χ1n) is 6.98. The lowest BCUT2D eigenvalue weighted by molar-refractivity contribution is 1.06. The zero-order chi connectivity index (χ0) is 16.2. The molecule has 23 heavy (non-hydrogen) atoms. The van der Waals surface area contributed by atoms with Crippen LogP contribution in [-0.4, -0.2) is 4.57 Å². The van der Waals surface area contributed by atoms with Crippen molar-refractivity contribution in [1.29, 1.82) is 5.26 Å². The third-order valence-electron chi connectivity index (χ3n) is 3.45. The number of allylic oxidation sites excluding steroid dienone is 1. The first-order chi connectivity index (χ1) is 11.2. The van der Waals surface area contributed by atoms with Gasteiger partial charge in [0.05, 0.1) is 11.6 Å².